The van der Waals surface area contributed by atoms with Crippen LogP contribution in [-0.4, -0.2) is 28.4 Å². The lowest BCUT2D eigenvalue weighted by atomic mass is 9.72. The average Bonchev–Trinajstić information content (AvgIpc) is 3.38. The van der Waals surface area contributed by atoms with E-state index in [0.717, 1.165) is 46.2 Å². The summed E-state index contributed by atoms with van der Waals surface area (Å²) in [6.45, 7) is 4.54. The first-order valence-electron chi connectivity index (χ1n) is 13.8. The van der Waals surface area contributed by atoms with Crippen molar-refractivity contribution in [1.29, 1.82) is 0 Å². The van der Waals surface area contributed by atoms with E-state index in [1.54, 1.807) is 13.2 Å². The fraction of sp³-hybridized carbons (Fsp3) is 0.294. The van der Waals surface area contributed by atoms with Crippen LogP contribution in [0, 0.1) is 11.8 Å². The van der Waals surface area contributed by atoms with Gasteiger partial charge in [0.2, 0.25) is 0 Å². The quantitative estimate of drug-likeness (QED) is 0.164. The van der Waals surface area contributed by atoms with E-state index in [4.69, 9.17) is 9.84 Å². The van der Waals surface area contributed by atoms with Gasteiger partial charge in [0.25, 0.3) is 0 Å². The van der Waals surface area contributed by atoms with Crippen LogP contribution < -0.4 is 4.74 Å². The van der Waals surface area contributed by atoms with Gasteiger partial charge in [0.05, 0.1) is 18.8 Å². The molecule has 1 aromatic heterocycles. The third kappa shape index (κ3) is 5.98. The molecule has 39 heavy (non-hydrogen) atoms. The Bertz CT molecular complexity index is 1520. The lowest BCUT2D eigenvalue weighted by molar-refractivity contribution is -0.131. The van der Waals surface area contributed by atoms with Gasteiger partial charge in [-0.1, -0.05) is 56.7 Å². The number of hydrogen-bond acceptors (Lipinski definition) is 3. The van der Waals surface area contributed by atoms with Gasteiger partial charge in [0, 0.05) is 11.5 Å². The third-order valence-corrected chi connectivity index (χ3v) is 7.72. The fourth-order valence-electron chi connectivity index (χ4n) is 5.37. The lowest BCUT2D eigenvalue weighted by Crippen LogP contribution is -2.16. The molecule has 1 heterocycles. The monoisotopic (exact) mass is 520 g/mol. The molecule has 1 aliphatic carbocycles. The molecule has 3 aromatic carbocycles. The van der Waals surface area contributed by atoms with Crippen molar-refractivity contribution in [2.24, 2.45) is 11.8 Å². The van der Waals surface area contributed by atoms with E-state index < -0.39 is 5.97 Å². The van der Waals surface area contributed by atoms with Crippen LogP contribution in [-0.2, 0) is 11.2 Å². The molecule has 200 valence electrons. The highest BCUT2D eigenvalue weighted by molar-refractivity contribution is 6.02. The molecule has 1 saturated carbocycles. The lowest BCUT2D eigenvalue weighted by Gasteiger charge is -2.33. The molecule has 0 radical (unpaired) electrons. The number of hydrogen-bond donors (Lipinski definition) is 2. The summed E-state index contributed by atoms with van der Waals surface area (Å²) in [5, 5.41) is 17.5. The van der Waals surface area contributed by atoms with Gasteiger partial charge in [0.15, 0.2) is 0 Å². The maximum absolute atomic E-state index is 11.0. The second-order valence-corrected chi connectivity index (χ2v) is 10.8. The summed E-state index contributed by atoms with van der Waals surface area (Å²) in [6, 6.07) is 21.3. The van der Waals surface area contributed by atoms with Gasteiger partial charge in [-0.2, -0.15) is 5.10 Å². The number of aromatic amines is 1. The number of methoxy groups -OCH3 is 1. The van der Waals surface area contributed by atoms with Crippen molar-refractivity contribution in [3.8, 4) is 5.75 Å². The van der Waals surface area contributed by atoms with Crippen molar-refractivity contribution in [2.45, 2.75) is 46.0 Å². The molecule has 5 rings (SSSR count). The highest BCUT2D eigenvalue weighted by atomic mass is 16.5. The Labute approximate surface area is 230 Å². The number of nitrogens with zero attached hydrogens (tertiary/aromatic N) is 1. The van der Waals surface area contributed by atoms with Crippen LogP contribution >= 0.6 is 0 Å². The normalized spacial score (nSPS) is 14.6. The van der Waals surface area contributed by atoms with Crippen LogP contribution in [0.1, 0.15) is 67.3 Å². The van der Waals surface area contributed by atoms with Crippen molar-refractivity contribution in [2.75, 3.05) is 7.11 Å². The molecule has 0 saturated heterocycles. The van der Waals surface area contributed by atoms with Crippen LogP contribution in [0.15, 0.2) is 72.9 Å². The first-order chi connectivity index (χ1) is 18.9. The molecule has 0 amide bonds. The van der Waals surface area contributed by atoms with E-state index in [1.807, 2.05) is 18.3 Å². The van der Waals surface area contributed by atoms with Gasteiger partial charge in [-0.15, -0.1) is 0 Å². The predicted molar refractivity (Wildman–Crippen MR) is 159 cm³/mol. The number of aryl methyl sites for hydroxylation is 1. The number of benzene rings is 3. The SMILES string of the molecule is COc1ccc(/C(=C(\c2ccc(/C=C/C(=O)O)cc2)c2ccc3[nH]ncc3c2)C2CCC2)c(CCC(C)C)c1. The highest BCUT2D eigenvalue weighted by Crippen LogP contribution is 2.47. The molecule has 0 atom stereocenters. The second-order valence-electron chi connectivity index (χ2n) is 10.8. The minimum absolute atomic E-state index is 0.470. The van der Waals surface area contributed by atoms with Crippen LogP contribution in [0.2, 0.25) is 0 Å². The van der Waals surface area contributed by atoms with Crippen molar-refractivity contribution < 1.29 is 14.6 Å². The number of aromatic nitrogens is 2. The van der Waals surface area contributed by atoms with Crippen molar-refractivity contribution in [3.63, 3.8) is 0 Å². The van der Waals surface area contributed by atoms with Gasteiger partial charge >= 0.3 is 5.97 Å². The summed E-state index contributed by atoms with van der Waals surface area (Å²) in [7, 11) is 1.73. The van der Waals surface area contributed by atoms with E-state index in [9.17, 15) is 4.79 Å². The summed E-state index contributed by atoms with van der Waals surface area (Å²) in [5.41, 5.74) is 9.40. The zero-order chi connectivity index (χ0) is 27.4. The number of aliphatic carboxylic acids is 1. The van der Waals surface area contributed by atoms with Gasteiger partial charge in [-0.25, -0.2) is 4.79 Å². The largest absolute Gasteiger partial charge is 0.497 e. The summed E-state index contributed by atoms with van der Waals surface area (Å²) < 4.78 is 5.64. The number of H-pyrrole nitrogens is 1. The fourth-order valence-corrected chi connectivity index (χ4v) is 5.37. The number of nitrogens with one attached hydrogen (secondary N) is 1. The Kier molecular flexibility index (Phi) is 7.97. The zero-order valence-electron chi connectivity index (χ0n) is 22.9. The van der Waals surface area contributed by atoms with Crippen LogP contribution in [0.25, 0.3) is 28.1 Å². The number of carbonyl (C=O) groups is 1. The molecule has 4 aromatic rings. The maximum atomic E-state index is 11.0. The zero-order valence-corrected chi connectivity index (χ0v) is 22.9. The Balaban J connectivity index is 1.75. The van der Waals surface area contributed by atoms with E-state index in [-0.39, 0.29) is 0 Å². The van der Waals surface area contributed by atoms with Gasteiger partial charge in [0.1, 0.15) is 5.75 Å². The Morgan fingerprint density at radius 1 is 1.08 bits per heavy atom. The number of ether oxygens (including phenoxy) is 1. The van der Waals surface area contributed by atoms with Gasteiger partial charge in [-0.3, -0.25) is 5.10 Å². The Hall–Kier alpha value is -4.12. The van der Waals surface area contributed by atoms with E-state index in [0.29, 0.717) is 11.8 Å². The molecule has 0 unspecified atom stereocenters. The number of fused-ring (bicyclic) bond motifs is 1. The number of rotatable bonds is 10. The number of carboxylic acid groups (broad SMARTS) is 1. The van der Waals surface area contributed by atoms with Crippen LogP contribution in [0.3, 0.4) is 0 Å². The van der Waals surface area contributed by atoms with E-state index in [1.165, 1.54) is 47.6 Å². The van der Waals surface area contributed by atoms with Gasteiger partial charge < -0.3 is 9.84 Å². The Morgan fingerprint density at radius 2 is 1.85 bits per heavy atom. The highest BCUT2D eigenvalue weighted by Gasteiger charge is 2.29. The maximum Gasteiger partial charge on any atom is 0.328 e. The predicted octanol–water partition coefficient (Wildman–Crippen LogP) is 8.02. The summed E-state index contributed by atoms with van der Waals surface area (Å²) >= 11 is 0. The van der Waals surface area contributed by atoms with E-state index in [2.05, 4.69) is 72.6 Å². The standard InChI is InChI=1S/C34H36N2O3/c1-22(2)7-11-26-20-29(39-3)15-16-30(26)34(24-5-4-6-24)33(27-14-17-31-28(19-27)21-35-36-31)25-12-8-23(9-13-25)10-18-32(37)38/h8-10,12-22,24H,4-7,11H2,1-3H3,(H,35,36)(H,37,38)/b18-10+,34-33+. The van der Waals surface area contributed by atoms with Crippen LogP contribution in [0.4, 0.5) is 0 Å². The molecule has 0 spiro atoms. The molecule has 0 aliphatic heterocycles. The molecular weight excluding hydrogens is 484 g/mol. The summed E-state index contributed by atoms with van der Waals surface area (Å²) in [6.07, 6.45) is 10.4. The molecule has 1 aliphatic rings. The Morgan fingerprint density at radius 3 is 2.51 bits per heavy atom. The molecule has 5 nitrogen and oxygen atoms in total. The van der Waals surface area contributed by atoms with Crippen molar-refractivity contribution in [1.82, 2.24) is 10.2 Å². The molecular formula is C34H36N2O3. The van der Waals surface area contributed by atoms with Crippen LogP contribution in [0.5, 0.6) is 5.75 Å². The first kappa shape index (κ1) is 26.5. The second kappa shape index (κ2) is 11.7. The minimum Gasteiger partial charge on any atom is -0.497 e. The smallest absolute Gasteiger partial charge is 0.328 e. The summed E-state index contributed by atoms with van der Waals surface area (Å²) in [4.78, 5) is 11.0. The van der Waals surface area contributed by atoms with E-state index >= 15 is 0 Å². The summed E-state index contributed by atoms with van der Waals surface area (Å²) in [5.74, 6) is 1.02. The number of allylic oxidation sites excluding steroid dienone is 1. The number of carboxylic acids is 1. The van der Waals surface area contributed by atoms with Crippen molar-refractivity contribution in [3.05, 3.63) is 101 Å². The first-order valence-corrected chi connectivity index (χ1v) is 13.8. The average molecular weight is 521 g/mol. The molecule has 1 fully saturated rings. The molecule has 0 bridgehead atoms. The third-order valence-electron chi connectivity index (χ3n) is 7.72. The van der Waals surface area contributed by atoms with Crippen molar-refractivity contribution >= 4 is 34.1 Å². The topological polar surface area (TPSA) is 75.2 Å². The minimum atomic E-state index is -0.950. The molecule has 2 N–H and O–H groups in total. The van der Waals surface area contributed by atoms with Gasteiger partial charge in [-0.05, 0) is 107 Å². The molecule has 5 heteroatoms.